The minimum Gasteiger partial charge on any atom is -0.495 e. The number of amides is 1. The zero-order valence-corrected chi connectivity index (χ0v) is 19.2. The van der Waals surface area contributed by atoms with Gasteiger partial charge in [0.15, 0.2) is 0 Å². The van der Waals surface area contributed by atoms with Crippen LogP contribution in [0.2, 0.25) is 0 Å². The van der Waals surface area contributed by atoms with E-state index in [1.165, 1.54) is 40.4 Å². The lowest BCUT2D eigenvalue weighted by Crippen LogP contribution is -2.35. The number of nitrogens with one attached hydrogen (secondary N) is 1. The summed E-state index contributed by atoms with van der Waals surface area (Å²) in [4.78, 5) is 13.5. The summed E-state index contributed by atoms with van der Waals surface area (Å²) in [5.74, 6) is 0.329. The number of sulfonamides is 1. The molecule has 0 atom stereocenters. The molecule has 2 aromatic rings. The summed E-state index contributed by atoms with van der Waals surface area (Å²) in [5, 5.41) is 2.81. The van der Waals surface area contributed by atoms with Crippen LogP contribution in [0.15, 0.2) is 46.2 Å². The van der Waals surface area contributed by atoms with Gasteiger partial charge in [-0.3, -0.25) is 4.79 Å². The second kappa shape index (κ2) is 9.85. The highest BCUT2D eigenvalue weighted by molar-refractivity contribution is 8.00. The number of anilines is 1. The third-order valence-electron chi connectivity index (χ3n) is 5.23. The first-order valence-corrected chi connectivity index (χ1v) is 12.4. The molecular weight excluding hydrogens is 420 g/mol. The monoisotopic (exact) mass is 448 g/mol. The van der Waals surface area contributed by atoms with Gasteiger partial charge in [0.25, 0.3) is 0 Å². The fraction of sp³-hybridized carbons (Fsp3) is 0.409. The average molecular weight is 449 g/mol. The number of methoxy groups -OCH3 is 1. The second-order valence-corrected chi connectivity index (χ2v) is 10.4. The number of ether oxygens (including phenoxy) is 1. The average Bonchev–Trinajstić information content (AvgIpc) is 2.75. The highest BCUT2D eigenvalue weighted by atomic mass is 32.2. The summed E-state index contributed by atoms with van der Waals surface area (Å²) < 4.78 is 33.0. The molecule has 30 heavy (non-hydrogen) atoms. The lowest BCUT2D eigenvalue weighted by molar-refractivity contribution is -0.113. The van der Waals surface area contributed by atoms with Gasteiger partial charge in [0.1, 0.15) is 10.6 Å². The first kappa shape index (κ1) is 22.7. The molecule has 2 aromatic carbocycles. The van der Waals surface area contributed by atoms with Crippen molar-refractivity contribution >= 4 is 33.4 Å². The summed E-state index contributed by atoms with van der Waals surface area (Å²) in [5.41, 5.74) is 2.84. The third kappa shape index (κ3) is 5.36. The Kier molecular flexibility index (Phi) is 7.44. The number of nitrogens with zero attached hydrogens (tertiary/aromatic N) is 1. The van der Waals surface area contributed by atoms with Crippen LogP contribution in [-0.2, 0) is 14.8 Å². The summed E-state index contributed by atoms with van der Waals surface area (Å²) in [6.45, 7) is 5.11. The standard InChI is InChI=1S/C22H28N2O4S2/c1-16-7-9-19(13-17(16)2)29-15-22(25)23-18-8-10-20(28-3)21(14-18)30(26,27)24-11-5-4-6-12-24/h7-10,13-14H,4-6,11-12,15H2,1-3H3,(H,23,25). The molecule has 1 amide bonds. The number of hydrogen-bond donors (Lipinski definition) is 1. The zero-order chi connectivity index (χ0) is 21.7. The van der Waals surface area contributed by atoms with Gasteiger partial charge in [0.2, 0.25) is 15.9 Å². The van der Waals surface area contributed by atoms with Crippen LogP contribution >= 0.6 is 11.8 Å². The minimum atomic E-state index is -3.68. The smallest absolute Gasteiger partial charge is 0.246 e. The summed E-state index contributed by atoms with van der Waals surface area (Å²) >= 11 is 1.45. The Morgan fingerprint density at radius 3 is 2.47 bits per heavy atom. The number of piperidine rings is 1. The van der Waals surface area contributed by atoms with Crippen LogP contribution in [-0.4, -0.2) is 44.6 Å². The largest absolute Gasteiger partial charge is 0.495 e. The van der Waals surface area contributed by atoms with E-state index in [-0.39, 0.29) is 22.3 Å². The van der Waals surface area contributed by atoms with Gasteiger partial charge in [-0.05, 0) is 68.1 Å². The molecule has 0 bridgehead atoms. The van der Waals surface area contributed by atoms with Crippen molar-refractivity contribution in [3.63, 3.8) is 0 Å². The Morgan fingerprint density at radius 1 is 1.07 bits per heavy atom. The van der Waals surface area contributed by atoms with Gasteiger partial charge >= 0.3 is 0 Å². The Labute approximate surface area is 183 Å². The van der Waals surface area contributed by atoms with E-state index in [1.54, 1.807) is 12.1 Å². The van der Waals surface area contributed by atoms with E-state index in [0.29, 0.717) is 18.8 Å². The maximum absolute atomic E-state index is 13.1. The lowest BCUT2D eigenvalue weighted by Gasteiger charge is -2.26. The quantitative estimate of drug-likeness (QED) is 0.642. The van der Waals surface area contributed by atoms with Crippen LogP contribution in [0.5, 0.6) is 5.75 Å². The molecule has 0 unspecified atom stereocenters. The maximum Gasteiger partial charge on any atom is 0.246 e. The number of hydrogen-bond acceptors (Lipinski definition) is 5. The van der Waals surface area contributed by atoms with Crippen LogP contribution in [0.25, 0.3) is 0 Å². The molecule has 162 valence electrons. The molecule has 0 aliphatic carbocycles. The second-order valence-electron chi connectivity index (χ2n) is 7.41. The van der Waals surface area contributed by atoms with Crippen LogP contribution in [0, 0.1) is 13.8 Å². The highest BCUT2D eigenvalue weighted by Gasteiger charge is 2.29. The van der Waals surface area contributed by atoms with Crippen molar-refractivity contribution in [3.8, 4) is 5.75 Å². The number of carbonyl (C=O) groups is 1. The molecular formula is C22H28N2O4S2. The van der Waals surface area contributed by atoms with Gasteiger partial charge in [-0.15, -0.1) is 11.8 Å². The van der Waals surface area contributed by atoms with Crippen molar-refractivity contribution in [1.82, 2.24) is 4.31 Å². The van der Waals surface area contributed by atoms with E-state index in [9.17, 15) is 13.2 Å². The molecule has 1 fully saturated rings. The topological polar surface area (TPSA) is 75.7 Å². The molecule has 0 radical (unpaired) electrons. The molecule has 1 heterocycles. The summed E-state index contributed by atoms with van der Waals surface area (Å²) in [6, 6.07) is 10.8. The zero-order valence-electron chi connectivity index (χ0n) is 17.6. The Balaban J connectivity index is 1.72. The van der Waals surface area contributed by atoms with Gasteiger partial charge in [-0.2, -0.15) is 4.31 Å². The molecule has 3 rings (SSSR count). The minimum absolute atomic E-state index is 0.0894. The van der Waals surface area contributed by atoms with E-state index in [4.69, 9.17) is 4.74 Å². The maximum atomic E-state index is 13.1. The first-order chi connectivity index (χ1) is 14.3. The fourth-order valence-corrected chi connectivity index (χ4v) is 5.84. The van der Waals surface area contributed by atoms with E-state index in [0.717, 1.165) is 24.2 Å². The number of benzene rings is 2. The van der Waals surface area contributed by atoms with Crippen LogP contribution in [0.1, 0.15) is 30.4 Å². The van der Waals surface area contributed by atoms with E-state index >= 15 is 0 Å². The van der Waals surface area contributed by atoms with Gasteiger partial charge in [-0.1, -0.05) is 12.5 Å². The van der Waals surface area contributed by atoms with Gasteiger partial charge < -0.3 is 10.1 Å². The van der Waals surface area contributed by atoms with E-state index in [2.05, 4.69) is 18.3 Å². The Morgan fingerprint density at radius 2 is 1.80 bits per heavy atom. The number of carbonyl (C=O) groups excluding carboxylic acids is 1. The number of aryl methyl sites for hydroxylation is 2. The Hall–Kier alpha value is -2.03. The number of thioether (sulfide) groups is 1. The molecule has 1 aliphatic heterocycles. The van der Waals surface area contributed by atoms with E-state index in [1.807, 2.05) is 19.1 Å². The van der Waals surface area contributed by atoms with Crippen molar-refractivity contribution in [2.24, 2.45) is 0 Å². The van der Waals surface area contributed by atoms with Crippen LogP contribution in [0.3, 0.4) is 0 Å². The van der Waals surface area contributed by atoms with Crippen LogP contribution in [0.4, 0.5) is 5.69 Å². The predicted molar refractivity (Wildman–Crippen MR) is 121 cm³/mol. The molecule has 6 nitrogen and oxygen atoms in total. The SMILES string of the molecule is COc1ccc(NC(=O)CSc2ccc(C)c(C)c2)cc1S(=O)(=O)N1CCCCC1. The molecule has 0 saturated carbocycles. The van der Waals surface area contributed by atoms with Crippen molar-refractivity contribution in [3.05, 3.63) is 47.5 Å². The van der Waals surface area contributed by atoms with Crippen LogP contribution < -0.4 is 10.1 Å². The molecule has 1 aliphatic rings. The highest BCUT2D eigenvalue weighted by Crippen LogP contribution is 2.31. The molecule has 8 heteroatoms. The molecule has 1 saturated heterocycles. The van der Waals surface area contributed by atoms with E-state index < -0.39 is 10.0 Å². The third-order valence-corrected chi connectivity index (χ3v) is 8.14. The lowest BCUT2D eigenvalue weighted by atomic mass is 10.1. The van der Waals surface area contributed by atoms with Gasteiger partial charge in [-0.25, -0.2) is 8.42 Å². The summed E-state index contributed by atoms with van der Waals surface area (Å²) in [7, 11) is -2.23. The molecule has 0 aromatic heterocycles. The first-order valence-electron chi connectivity index (χ1n) is 9.99. The van der Waals surface area contributed by atoms with Crippen molar-refractivity contribution in [2.45, 2.75) is 42.9 Å². The predicted octanol–water partition coefficient (Wildman–Crippen LogP) is 4.22. The Bertz CT molecular complexity index is 1020. The normalized spacial score (nSPS) is 15.0. The van der Waals surface area contributed by atoms with Gasteiger partial charge in [0, 0.05) is 23.7 Å². The van der Waals surface area contributed by atoms with Crippen molar-refractivity contribution < 1.29 is 17.9 Å². The molecule has 1 N–H and O–H groups in total. The number of rotatable bonds is 7. The fourth-order valence-electron chi connectivity index (χ4n) is 3.35. The summed E-state index contributed by atoms with van der Waals surface area (Å²) in [6.07, 6.45) is 2.75. The van der Waals surface area contributed by atoms with Crippen molar-refractivity contribution in [2.75, 3.05) is 31.3 Å². The molecule has 0 spiro atoms. The van der Waals surface area contributed by atoms with Crippen molar-refractivity contribution in [1.29, 1.82) is 0 Å². The van der Waals surface area contributed by atoms with Gasteiger partial charge in [0.05, 0.1) is 12.9 Å².